The molecular formula is C44H42Si2. The highest BCUT2D eigenvalue weighted by molar-refractivity contribution is 7.12. The smallest absolute Gasteiger partial charge is 0.0902 e. The van der Waals surface area contributed by atoms with Gasteiger partial charge in [0, 0.05) is 0 Å². The lowest BCUT2D eigenvalue weighted by atomic mass is 10.3. The lowest BCUT2D eigenvalue weighted by Gasteiger charge is -2.33. The molecule has 0 saturated carbocycles. The van der Waals surface area contributed by atoms with Crippen LogP contribution < -0.4 is 31.1 Å². The third-order valence-electron chi connectivity index (χ3n) is 9.28. The largest absolute Gasteiger partial charge is 0.151 e. The highest BCUT2D eigenvalue weighted by Crippen LogP contribution is 2.16. The molecule has 0 spiro atoms. The first-order valence-corrected chi connectivity index (χ1v) is 20.9. The summed E-state index contributed by atoms with van der Waals surface area (Å²) in [6.45, 7) is 0. The van der Waals surface area contributed by atoms with E-state index in [1.807, 2.05) is 0 Å². The Labute approximate surface area is 277 Å². The number of rotatable bonds is 13. The summed E-state index contributed by atoms with van der Waals surface area (Å²) in [4.78, 5) is 0. The summed E-state index contributed by atoms with van der Waals surface area (Å²) in [5, 5.41) is 8.76. The minimum atomic E-state index is -2.24. The van der Waals surface area contributed by atoms with Crippen molar-refractivity contribution in [3.8, 4) is 0 Å². The molecule has 6 aromatic rings. The summed E-state index contributed by atoms with van der Waals surface area (Å²) in [5.74, 6) is 0. The van der Waals surface area contributed by atoms with Crippen molar-refractivity contribution >= 4 is 47.3 Å². The molecule has 0 nitrogen and oxygen atoms in total. The Balaban J connectivity index is 1.23. The normalized spacial score (nSPS) is 12.1. The van der Waals surface area contributed by atoms with Gasteiger partial charge in [-0.3, -0.25) is 0 Å². The first kappa shape index (κ1) is 31.2. The summed E-state index contributed by atoms with van der Waals surface area (Å²) >= 11 is 0. The Morgan fingerprint density at radius 2 is 0.457 bits per heavy atom. The molecule has 6 rings (SSSR count). The van der Waals surface area contributed by atoms with Gasteiger partial charge in [0.2, 0.25) is 0 Å². The summed E-state index contributed by atoms with van der Waals surface area (Å²) in [5.41, 5.74) is 0. The summed E-state index contributed by atoms with van der Waals surface area (Å²) in [6.07, 6.45) is 11.8. The fourth-order valence-electron chi connectivity index (χ4n) is 6.99. The van der Waals surface area contributed by atoms with Crippen molar-refractivity contribution < 1.29 is 0 Å². The lowest BCUT2D eigenvalue weighted by Crippen LogP contribution is -2.66. The second kappa shape index (κ2) is 15.5. The second-order valence-electron chi connectivity index (χ2n) is 11.9. The topological polar surface area (TPSA) is 0 Å². The quantitative estimate of drug-likeness (QED) is 0.0550. The highest BCUT2D eigenvalue weighted by Gasteiger charge is 2.39. The molecule has 0 unspecified atom stereocenters. The third kappa shape index (κ3) is 6.74. The number of allylic oxidation sites excluding steroid dienone is 4. The van der Waals surface area contributed by atoms with Gasteiger partial charge in [0.25, 0.3) is 0 Å². The Morgan fingerprint density at radius 3 is 0.652 bits per heavy atom. The fraction of sp³-hybridized carbons (Fsp3) is 0.0909. The fourth-order valence-corrected chi connectivity index (χ4v) is 16.0. The SMILES string of the molecule is C(=CC[Si](c1ccccc1)(c1ccccc1)c1ccccc1)CCC=CC[Si](c1ccccc1)(c1ccccc1)c1ccccc1. The molecule has 46 heavy (non-hydrogen) atoms. The van der Waals surface area contributed by atoms with Crippen LogP contribution in [0.1, 0.15) is 12.8 Å². The van der Waals surface area contributed by atoms with Crippen LogP contribution >= 0.6 is 0 Å². The summed E-state index contributed by atoms with van der Waals surface area (Å²) < 4.78 is 0. The van der Waals surface area contributed by atoms with Crippen molar-refractivity contribution in [2.24, 2.45) is 0 Å². The zero-order chi connectivity index (χ0) is 31.3. The van der Waals surface area contributed by atoms with E-state index in [9.17, 15) is 0 Å². The van der Waals surface area contributed by atoms with Gasteiger partial charge in [0.15, 0.2) is 16.1 Å². The molecule has 0 bridgehead atoms. The van der Waals surface area contributed by atoms with E-state index < -0.39 is 16.1 Å². The molecule has 2 heteroatoms. The standard InChI is InChI=1S/C44H42Si2/c1(3-23-37-45(39-25-11-5-12-26-39,40-27-13-6-14-28-40)41-29-15-7-16-30-41)2-4-24-38-46(42-31-17-8-18-32-42,43-33-19-9-20-34-43)44-35-21-10-22-36-44/h3-36H,1-2,37-38H2. The third-order valence-corrected chi connectivity index (χ3v) is 18.9. The van der Waals surface area contributed by atoms with Crippen LogP contribution in [0, 0.1) is 0 Å². The van der Waals surface area contributed by atoms with Crippen LogP contribution in [0.2, 0.25) is 12.1 Å². The second-order valence-corrected chi connectivity index (χ2v) is 19.8. The van der Waals surface area contributed by atoms with Crippen molar-refractivity contribution in [2.75, 3.05) is 0 Å². The van der Waals surface area contributed by atoms with E-state index in [0.717, 1.165) is 24.9 Å². The minimum absolute atomic E-state index is 1.04. The molecule has 0 atom stereocenters. The van der Waals surface area contributed by atoms with Crippen LogP contribution in [0.25, 0.3) is 0 Å². The highest BCUT2D eigenvalue weighted by atomic mass is 28.3. The Hall–Kier alpha value is -4.77. The maximum Gasteiger partial charge on any atom is 0.151 e. The predicted octanol–water partition coefficient (Wildman–Crippen LogP) is 7.22. The first-order chi connectivity index (χ1) is 22.8. The van der Waals surface area contributed by atoms with Gasteiger partial charge < -0.3 is 0 Å². The molecule has 0 amide bonds. The monoisotopic (exact) mass is 626 g/mol. The molecule has 0 aliphatic heterocycles. The zero-order valence-electron chi connectivity index (χ0n) is 26.5. The van der Waals surface area contributed by atoms with Crippen molar-refractivity contribution in [2.45, 2.75) is 24.9 Å². The van der Waals surface area contributed by atoms with Gasteiger partial charge in [0.1, 0.15) is 0 Å². The molecule has 0 heterocycles. The van der Waals surface area contributed by atoms with Gasteiger partial charge in [-0.15, -0.1) is 0 Å². The minimum Gasteiger partial charge on any atom is -0.0902 e. The van der Waals surface area contributed by atoms with Crippen LogP contribution in [0.4, 0.5) is 0 Å². The average Bonchev–Trinajstić information content (AvgIpc) is 3.15. The van der Waals surface area contributed by atoms with E-state index in [1.165, 1.54) is 31.1 Å². The van der Waals surface area contributed by atoms with E-state index in [0.29, 0.717) is 0 Å². The van der Waals surface area contributed by atoms with Crippen molar-refractivity contribution in [1.82, 2.24) is 0 Å². The van der Waals surface area contributed by atoms with Crippen LogP contribution in [0.3, 0.4) is 0 Å². The van der Waals surface area contributed by atoms with Crippen LogP contribution in [0.5, 0.6) is 0 Å². The van der Waals surface area contributed by atoms with Gasteiger partial charge in [-0.1, -0.05) is 206 Å². The maximum absolute atomic E-state index is 2.46. The van der Waals surface area contributed by atoms with Crippen molar-refractivity contribution in [3.05, 3.63) is 206 Å². The molecule has 0 saturated heterocycles. The van der Waals surface area contributed by atoms with E-state index in [2.05, 4.69) is 206 Å². The predicted molar refractivity (Wildman–Crippen MR) is 205 cm³/mol. The van der Waals surface area contributed by atoms with Gasteiger partial charge in [0.05, 0.1) is 0 Å². The zero-order valence-corrected chi connectivity index (χ0v) is 28.5. The summed E-state index contributed by atoms with van der Waals surface area (Å²) in [7, 11) is -4.47. The molecule has 0 aliphatic carbocycles. The van der Waals surface area contributed by atoms with Crippen molar-refractivity contribution in [3.63, 3.8) is 0 Å². The molecule has 0 N–H and O–H groups in total. The molecule has 0 aromatic heterocycles. The van der Waals surface area contributed by atoms with Gasteiger partial charge in [-0.2, -0.15) is 0 Å². The Bertz CT molecular complexity index is 1470. The first-order valence-electron chi connectivity index (χ1n) is 16.5. The van der Waals surface area contributed by atoms with Gasteiger partial charge in [-0.05, 0) is 56.1 Å². The molecule has 0 radical (unpaired) electrons. The average molecular weight is 627 g/mol. The molecule has 6 aromatic carbocycles. The van der Waals surface area contributed by atoms with E-state index in [1.54, 1.807) is 0 Å². The molecule has 226 valence electrons. The summed E-state index contributed by atoms with van der Waals surface area (Å²) in [6, 6.07) is 69.3. The molecule has 0 aliphatic rings. The van der Waals surface area contributed by atoms with Crippen LogP contribution in [-0.4, -0.2) is 16.1 Å². The maximum atomic E-state index is 2.46. The lowest BCUT2D eigenvalue weighted by molar-refractivity contribution is 1.04. The van der Waals surface area contributed by atoms with Crippen LogP contribution in [0.15, 0.2) is 206 Å². The Morgan fingerprint density at radius 1 is 0.261 bits per heavy atom. The number of hydrogen-bond donors (Lipinski definition) is 0. The van der Waals surface area contributed by atoms with Crippen LogP contribution in [-0.2, 0) is 0 Å². The van der Waals surface area contributed by atoms with Gasteiger partial charge in [-0.25, -0.2) is 0 Å². The number of benzene rings is 6. The van der Waals surface area contributed by atoms with E-state index in [-0.39, 0.29) is 0 Å². The van der Waals surface area contributed by atoms with E-state index >= 15 is 0 Å². The van der Waals surface area contributed by atoms with E-state index in [4.69, 9.17) is 0 Å². The number of unbranched alkanes of at least 4 members (excludes halogenated alkanes) is 1. The Kier molecular flexibility index (Phi) is 10.5. The molecular weight excluding hydrogens is 585 g/mol. The number of hydrogen-bond acceptors (Lipinski definition) is 0. The van der Waals surface area contributed by atoms with Gasteiger partial charge >= 0.3 is 0 Å². The van der Waals surface area contributed by atoms with Crippen molar-refractivity contribution in [1.29, 1.82) is 0 Å². The molecule has 0 fully saturated rings.